The molecular weight excluding hydrogens is 266 g/mol. The zero-order valence-corrected chi connectivity index (χ0v) is 12.7. The molecule has 0 saturated heterocycles. The van der Waals surface area contributed by atoms with Crippen LogP contribution in [0.4, 0.5) is 0 Å². The largest absolute Gasteiger partial charge is 0.502 e. The lowest BCUT2D eigenvalue weighted by atomic mass is 10.1. The zero-order valence-electron chi connectivity index (χ0n) is 12.7. The second-order valence-electron chi connectivity index (χ2n) is 5.38. The molecule has 0 radical (unpaired) electrons. The molecule has 1 atom stereocenters. The summed E-state index contributed by atoms with van der Waals surface area (Å²) in [4.78, 5) is 10.4. The van der Waals surface area contributed by atoms with Gasteiger partial charge in [0.2, 0.25) is 5.88 Å². The summed E-state index contributed by atoms with van der Waals surface area (Å²) in [5.74, 6) is -0.303. The minimum absolute atomic E-state index is 0.117. The van der Waals surface area contributed by atoms with Crippen LogP contribution in [0.3, 0.4) is 0 Å². The third kappa shape index (κ3) is 3.74. The van der Waals surface area contributed by atoms with Gasteiger partial charge in [0.05, 0.1) is 11.9 Å². The van der Waals surface area contributed by atoms with Gasteiger partial charge in [-0.1, -0.05) is 32.3 Å². The Hall–Kier alpha value is -2.04. The van der Waals surface area contributed by atoms with Gasteiger partial charge >= 0.3 is 0 Å². The van der Waals surface area contributed by atoms with Gasteiger partial charge in [-0.25, -0.2) is 0 Å². The fourth-order valence-electron chi connectivity index (χ4n) is 2.35. The maximum absolute atomic E-state index is 10.1. The van der Waals surface area contributed by atoms with Crippen molar-refractivity contribution in [2.24, 2.45) is 4.99 Å². The van der Waals surface area contributed by atoms with Crippen molar-refractivity contribution >= 4 is 6.21 Å². The van der Waals surface area contributed by atoms with Gasteiger partial charge in [-0.2, -0.15) is 0 Å². The van der Waals surface area contributed by atoms with Crippen molar-refractivity contribution < 1.29 is 10.2 Å². The lowest BCUT2D eigenvalue weighted by Crippen LogP contribution is -2.32. The van der Waals surface area contributed by atoms with Gasteiger partial charge < -0.3 is 15.1 Å². The summed E-state index contributed by atoms with van der Waals surface area (Å²) in [7, 11) is 0. The Morgan fingerprint density at radius 3 is 2.67 bits per heavy atom. The molecule has 114 valence electrons. The topological polar surface area (TPSA) is 69.0 Å². The second-order valence-corrected chi connectivity index (χ2v) is 5.38. The highest BCUT2D eigenvalue weighted by Gasteiger charge is 2.27. The Kier molecular flexibility index (Phi) is 5.20. The lowest BCUT2D eigenvalue weighted by molar-refractivity contribution is 0.128. The molecule has 0 amide bonds. The third-order valence-corrected chi connectivity index (χ3v) is 3.59. The van der Waals surface area contributed by atoms with Crippen LogP contribution in [0.1, 0.15) is 50.0 Å². The Morgan fingerprint density at radius 1 is 1.19 bits per heavy atom. The maximum Gasteiger partial charge on any atom is 0.234 e. The highest BCUT2D eigenvalue weighted by Crippen LogP contribution is 2.28. The van der Waals surface area contributed by atoms with Gasteiger partial charge in [0.1, 0.15) is 0 Å². The molecule has 1 aliphatic rings. The molecule has 5 nitrogen and oxygen atoms in total. The average molecular weight is 289 g/mol. The molecule has 0 aliphatic carbocycles. The Labute approximate surface area is 125 Å². The quantitative estimate of drug-likeness (QED) is 0.784. The molecule has 0 aromatic carbocycles. The molecule has 1 aromatic heterocycles. The molecule has 5 heteroatoms. The van der Waals surface area contributed by atoms with Crippen molar-refractivity contribution in [3.63, 3.8) is 0 Å². The molecule has 1 unspecified atom stereocenters. The molecular formula is C16H23N3O2. The van der Waals surface area contributed by atoms with Crippen LogP contribution in [0.2, 0.25) is 0 Å². The van der Waals surface area contributed by atoms with Crippen molar-refractivity contribution in [1.82, 2.24) is 9.88 Å². The fraction of sp³-hybridized carbons (Fsp3) is 0.500. The van der Waals surface area contributed by atoms with Crippen molar-refractivity contribution in [3.05, 3.63) is 41.2 Å². The highest BCUT2D eigenvalue weighted by molar-refractivity contribution is 5.77. The molecule has 2 N–H and O–H groups in total. The van der Waals surface area contributed by atoms with Crippen molar-refractivity contribution in [2.45, 2.75) is 45.7 Å². The predicted octanol–water partition coefficient (Wildman–Crippen LogP) is 3.64. The van der Waals surface area contributed by atoms with Gasteiger partial charge in [0, 0.05) is 12.7 Å². The molecule has 2 heterocycles. The first kappa shape index (κ1) is 15.4. The Morgan fingerprint density at radius 2 is 2.00 bits per heavy atom. The third-order valence-electron chi connectivity index (χ3n) is 3.59. The van der Waals surface area contributed by atoms with Crippen LogP contribution >= 0.6 is 0 Å². The summed E-state index contributed by atoms with van der Waals surface area (Å²) < 4.78 is 0. The molecule has 1 aromatic rings. The molecule has 1 aliphatic heterocycles. The molecule has 0 bridgehead atoms. The van der Waals surface area contributed by atoms with E-state index in [2.05, 4.69) is 16.9 Å². The summed E-state index contributed by atoms with van der Waals surface area (Å²) in [6, 6.07) is 3.88. The predicted molar refractivity (Wildman–Crippen MR) is 83.3 cm³/mol. The monoisotopic (exact) mass is 289 g/mol. The van der Waals surface area contributed by atoms with Crippen LogP contribution in [0, 0.1) is 6.92 Å². The van der Waals surface area contributed by atoms with E-state index in [9.17, 15) is 10.2 Å². The van der Waals surface area contributed by atoms with E-state index in [0.717, 1.165) is 30.5 Å². The number of pyridine rings is 1. The summed E-state index contributed by atoms with van der Waals surface area (Å²) in [6.45, 7) is 4.79. The van der Waals surface area contributed by atoms with E-state index in [1.165, 1.54) is 12.6 Å². The van der Waals surface area contributed by atoms with Crippen LogP contribution < -0.4 is 0 Å². The van der Waals surface area contributed by atoms with E-state index >= 15 is 0 Å². The van der Waals surface area contributed by atoms with E-state index in [4.69, 9.17) is 0 Å². The van der Waals surface area contributed by atoms with Crippen LogP contribution in [0.25, 0.3) is 0 Å². The van der Waals surface area contributed by atoms with Gasteiger partial charge in [-0.3, -0.25) is 9.98 Å². The van der Waals surface area contributed by atoms with Gasteiger partial charge in [0.15, 0.2) is 11.9 Å². The van der Waals surface area contributed by atoms with Gasteiger partial charge in [-0.05, 0) is 25.0 Å². The van der Waals surface area contributed by atoms with E-state index in [1.807, 2.05) is 19.1 Å². The number of nitrogens with zero attached hydrogens (tertiary/aromatic N) is 3. The van der Waals surface area contributed by atoms with Crippen molar-refractivity contribution in [2.75, 3.05) is 6.54 Å². The van der Waals surface area contributed by atoms with Crippen molar-refractivity contribution in [3.8, 4) is 0 Å². The lowest BCUT2D eigenvalue weighted by Gasteiger charge is -2.32. The number of rotatable bonds is 6. The molecule has 0 fully saturated rings. The number of allylic oxidation sites excluding steroid dienone is 1. The average Bonchev–Trinajstić information content (AvgIpc) is 2.49. The zero-order chi connectivity index (χ0) is 15.2. The summed E-state index contributed by atoms with van der Waals surface area (Å²) in [5.41, 5.74) is 1.85. The first-order valence-electron chi connectivity index (χ1n) is 7.48. The molecule has 2 rings (SSSR count). The van der Waals surface area contributed by atoms with E-state index < -0.39 is 0 Å². The number of aliphatic hydroxyl groups is 2. The first-order chi connectivity index (χ1) is 10.1. The summed E-state index contributed by atoms with van der Waals surface area (Å²) in [6.07, 6.45) is 7.08. The maximum atomic E-state index is 10.1. The minimum Gasteiger partial charge on any atom is -0.502 e. The standard InChI is InChI=1S/C16H23N3O2/c1-3-4-5-6-9-19-15(18-11-14(20)16(19)21)13-8-7-12(2)10-17-13/h7-8,10-11,15,20-21H,3-6,9H2,1-2H3. The number of unbranched alkanes of at least 4 members (excludes halogenated alkanes) is 3. The number of hydrogen-bond acceptors (Lipinski definition) is 5. The van der Waals surface area contributed by atoms with E-state index in [1.54, 1.807) is 11.1 Å². The van der Waals surface area contributed by atoms with Crippen LogP contribution in [0.5, 0.6) is 0 Å². The summed E-state index contributed by atoms with van der Waals surface area (Å²) >= 11 is 0. The van der Waals surface area contributed by atoms with E-state index in [-0.39, 0.29) is 17.8 Å². The smallest absolute Gasteiger partial charge is 0.234 e. The van der Waals surface area contributed by atoms with Crippen molar-refractivity contribution in [1.29, 1.82) is 0 Å². The van der Waals surface area contributed by atoms with E-state index in [0.29, 0.717) is 6.54 Å². The number of aliphatic imine (C=N–C) groups is 1. The second kappa shape index (κ2) is 7.11. The normalized spacial score (nSPS) is 18.4. The fourth-order valence-corrected chi connectivity index (χ4v) is 2.35. The highest BCUT2D eigenvalue weighted by atomic mass is 16.3. The van der Waals surface area contributed by atoms with Gasteiger partial charge in [0.25, 0.3) is 0 Å². The first-order valence-corrected chi connectivity index (χ1v) is 7.48. The summed E-state index contributed by atoms with van der Waals surface area (Å²) in [5, 5.41) is 19.8. The molecule has 0 spiro atoms. The van der Waals surface area contributed by atoms with Gasteiger partial charge in [-0.15, -0.1) is 0 Å². The minimum atomic E-state index is -0.372. The van der Waals surface area contributed by atoms with Crippen LogP contribution in [-0.4, -0.2) is 32.9 Å². The molecule has 0 saturated carbocycles. The van der Waals surface area contributed by atoms with Crippen LogP contribution in [0.15, 0.2) is 35.0 Å². The number of aromatic nitrogens is 1. The molecule has 21 heavy (non-hydrogen) atoms. The Balaban J connectivity index is 2.14. The number of aryl methyl sites for hydroxylation is 1. The van der Waals surface area contributed by atoms with Crippen LogP contribution in [-0.2, 0) is 0 Å². The Bertz CT molecular complexity index is 523. The number of aliphatic hydroxyl groups excluding tert-OH is 2. The SMILES string of the molecule is CCCCCCN1C(O)=C(O)C=NC1c1ccc(C)cn1. The number of hydrogen-bond donors (Lipinski definition) is 2.